The SMILES string of the molecule is CCC(=O)N(Cc1ccc(F)cc1)[C@H](Cc1ccccc1)C(=O)NCCN1CCOCC1. The molecule has 1 N–H and O–H groups in total. The van der Waals surface area contributed by atoms with E-state index in [0.29, 0.717) is 26.2 Å². The van der Waals surface area contributed by atoms with Crippen LogP contribution in [0.1, 0.15) is 24.5 Å². The summed E-state index contributed by atoms with van der Waals surface area (Å²) in [7, 11) is 0. The number of hydrogen-bond acceptors (Lipinski definition) is 4. The fourth-order valence-electron chi connectivity index (χ4n) is 3.82. The van der Waals surface area contributed by atoms with Gasteiger partial charge in [-0.1, -0.05) is 49.4 Å². The number of nitrogens with zero attached hydrogens (tertiary/aromatic N) is 2. The molecule has 7 heteroatoms. The first-order chi connectivity index (χ1) is 15.6. The zero-order chi connectivity index (χ0) is 22.8. The minimum absolute atomic E-state index is 0.112. The van der Waals surface area contributed by atoms with Crippen molar-refractivity contribution in [3.63, 3.8) is 0 Å². The lowest BCUT2D eigenvalue weighted by Gasteiger charge is -2.32. The summed E-state index contributed by atoms with van der Waals surface area (Å²) >= 11 is 0. The van der Waals surface area contributed by atoms with Crippen LogP contribution in [0, 0.1) is 5.82 Å². The predicted molar refractivity (Wildman–Crippen MR) is 121 cm³/mol. The van der Waals surface area contributed by atoms with Gasteiger partial charge >= 0.3 is 0 Å². The van der Waals surface area contributed by atoms with Gasteiger partial charge in [-0.05, 0) is 23.3 Å². The maximum Gasteiger partial charge on any atom is 0.243 e. The second-order valence-electron chi connectivity index (χ2n) is 7.95. The van der Waals surface area contributed by atoms with E-state index in [1.807, 2.05) is 30.3 Å². The number of halogens is 1. The Labute approximate surface area is 189 Å². The Morgan fingerprint density at radius 2 is 1.75 bits per heavy atom. The average Bonchev–Trinajstić information content (AvgIpc) is 2.83. The van der Waals surface area contributed by atoms with Crippen molar-refractivity contribution in [3.05, 3.63) is 71.5 Å². The van der Waals surface area contributed by atoms with E-state index >= 15 is 0 Å². The van der Waals surface area contributed by atoms with E-state index in [1.165, 1.54) is 12.1 Å². The van der Waals surface area contributed by atoms with Gasteiger partial charge in [-0.25, -0.2) is 4.39 Å². The lowest BCUT2D eigenvalue weighted by molar-refractivity contribution is -0.141. The van der Waals surface area contributed by atoms with Gasteiger partial charge in [0.25, 0.3) is 0 Å². The Kier molecular flexibility index (Phi) is 9.19. The van der Waals surface area contributed by atoms with Crippen LogP contribution in [0.5, 0.6) is 0 Å². The smallest absolute Gasteiger partial charge is 0.243 e. The highest BCUT2D eigenvalue weighted by atomic mass is 19.1. The molecule has 1 heterocycles. The van der Waals surface area contributed by atoms with Crippen LogP contribution in [0.4, 0.5) is 4.39 Å². The first-order valence-corrected chi connectivity index (χ1v) is 11.2. The Hall–Kier alpha value is -2.77. The topological polar surface area (TPSA) is 61.9 Å². The van der Waals surface area contributed by atoms with Crippen LogP contribution < -0.4 is 5.32 Å². The lowest BCUT2D eigenvalue weighted by atomic mass is 10.0. The van der Waals surface area contributed by atoms with Gasteiger partial charge in [0.15, 0.2) is 0 Å². The molecule has 1 atom stereocenters. The van der Waals surface area contributed by atoms with Crippen LogP contribution in [0.3, 0.4) is 0 Å². The number of carbonyl (C=O) groups is 2. The Bertz CT molecular complexity index is 854. The van der Waals surface area contributed by atoms with Crippen LogP contribution in [0.25, 0.3) is 0 Å². The van der Waals surface area contributed by atoms with E-state index in [1.54, 1.807) is 24.0 Å². The Morgan fingerprint density at radius 1 is 1.06 bits per heavy atom. The van der Waals surface area contributed by atoms with Crippen molar-refractivity contribution in [1.29, 1.82) is 0 Å². The van der Waals surface area contributed by atoms with Crippen molar-refractivity contribution in [2.45, 2.75) is 32.4 Å². The van der Waals surface area contributed by atoms with Crippen molar-refractivity contribution >= 4 is 11.8 Å². The molecule has 0 aromatic heterocycles. The van der Waals surface area contributed by atoms with Gasteiger partial charge in [0.05, 0.1) is 13.2 Å². The van der Waals surface area contributed by atoms with Crippen LogP contribution in [-0.2, 0) is 27.3 Å². The summed E-state index contributed by atoms with van der Waals surface area (Å²) in [5, 5.41) is 3.03. The second kappa shape index (κ2) is 12.3. The van der Waals surface area contributed by atoms with Crippen LogP contribution >= 0.6 is 0 Å². The minimum atomic E-state index is -0.653. The number of nitrogens with one attached hydrogen (secondary N) is 1. The molecule has 3 rings (SSSR count). The van der Waals surface area contributed by atoms with Gasteiger partial charge in [-0.15, -0.1) is 0 Å². The maximum absolute atomic E-state index is 13.4. The molecule has 0 saturated carbocycles. The number of amides is 2. The van der Waals surface area contributed by atoms with Crippen LogP contribution in [0.15, 0.2) is 54.6 Å². The predicted octanol–water partition coefficient (Wildman–Crippen LogP) is 2.62. The van der Waals surface area contributed by atoms with E-state index in [2.05, 4.69) is 10.2 Å². The zero-order valence-electron chi connectivity index (χ0n) is 18.6. The summed E-state index contributed by atoms with van der Waals surface area (Å²) in [5.74, 6) is -0.617. The minimum Gasteiger partial charge on any atom is -0.379 e. The third-order valence-corrected chi connectivity index (χ3v) is 5.67. The van der Waals surface area contributed by atoms with Crippen molar-refractivity contribution < 1.29 is 18.7 Å². The molecule has 0 unspecified atom stereocenters. The molecule has 0 aliphatic carbocycles. The molecule has 1 saturated heterocycles. The van der Waals surface area contributed by atoms with Crippen LogP contribution in [-0.4, -0.2) is 67.0 Å². The quantitative estimate of drug-likeness (QED) is 0.616. The summed E-state index contributed by atoms with van der Waals surface area (Å²) in [6.07, 6.45) is 0.699. The molecule has 2 aromatic carbocycles. The first-order valence-electron chi connectivity index (χ1n) is 11.2. The number of hydrogen-bond donors (Lipinski definition) is 1. The summed E-state index contributed by atoms with van der Waals surface area (Å²) < 4.78 is 18.7. The molecular weight excluding hydrogens is 409 g/mol. The van der Waals surface area contributed by atoms with Gasteiger partial charge in [-0.3, -0.25) is 14.5 Å². The molecule has 0 spiro atoms. The standard InChI is InChI=1S/C25H32FN3O3/c1-2-24(30)29(19-21-8-10-22(26)11-9-21)23(18-20-6-4-3-5-7-20)25(31)27-12-13-28-14-16-32-17-15-28/h3-11,23H,2,12-19H2,1H3,(H,27,31)/t23-/m1/s1. The number of carbonyl (C=O) groups excluding carboxylic acids is 2. The van der Waals surface area contributed by atoms with Crippen LogP contribution in [0.2, 0.25) is 0 Å². The number of rotatable bonds is 10. The second-order valence-corrected chi connectivity index (χ2v) is 7.95. The summed E-state index contributed by atoms with van der Waals surface area (Å²) in [6.45, 7) is 6.42. The molecule has 2 aromatic rings. The average molecular weight is 442 g/mol. The number of benzene rings is 2. The monoisotopic (exact) mass is 441 g/mol. The van der Waals surface area contributed by atoms with Gasteiger partial charge < -0.3 is 15.0 Å². The first kappa shape index (κ1) is 23.9. The molecule has 1 aliphatic rings. The molecule has 6 nitrogen and oxygen atoms in total. The van der Waals surface area contributed by atoms with Gasteiger partial charge in [0, 0.05) is 45.6 Å². The van der Waals surface area contributed by atoms with Crippen molar-refractivity contribution in [2.75, 3.05) is 39.4 Å². The fourth-order valence-corrected chi connectivity index (χ4v) is 3.82. The Morgan fingerprint density at radius 3 is 2.41 bits per heavy atom. The largest absolute Gasteiger partial charge is 0.379 e. The molecule has 172 valence electrons. The summed E-state index contributed by atoms with van der Waals surface area (Å²) in [5.41, 5.74) is 1.77. The molecule has 2 amide bonds. The van der Waals surface area contributed by atoms with Crippen molar-refractivity contribution in [3.8, 4) is 0 Å². The highest BCUT2D eigenvalue weighted by molar-refractivity contribution is 5.87. The molecule has 0 bridgehead atoms. The lowest BCUT2D eigenvalue weighted by Crippen LogP contribution is -2.51. The van der Waals surface area contributed by atoms with E-state index in [0.717, 1.165) is 30.8 Å². The van der Waals surface area contributed by atoms with E-state index in [-0.39, 0.29) is 30.6 Å². The van der Waals surface area contributed by atoms with E-state index in [9.17, 15) is 14.0 Å². The van der Waals surface area contributed by atoms with Gasteiger partial charge in [-0.2, -0.15) is 0 Å². The number of morpholine rings is 1. The Balaban J connectivity index is 1.75. The fraction of sp³-hybridized carbons (Fsp3) is 0.440. The molecule has 0 radical (unpaired) electrons. The molecule has 1 aliphatic heterocycles. The third kappa shape index (κ3) is 7.14. The van der Waals surface area contributed by atoms with Gasteiger partial charge in [0.2, 0.25) is 11.8 Å². The number of ether oxygens (including phenoxy) is 1. The summed E-state index contributed by atoms with van der Waals surface area (Å²) in [4.78, 5) is 30.0. The van der Waals surface area contributed by atoms with Gasteiger partial charge in [0.1, 0.15) is 11.9 Å². The zero-order valence-corrected chi connectivity index (χ0v) is 18.6. The summed E-state index contributed by atoms with van der Waals surface area (Å²) in [6, 6.07) is 15.1. The van der Waals surface area contributed by atoms with Crippen molar-refractivity contribution in [1.82, 2.24) is 15.1 Å². The van der Waals surface area contributed by atoms with E-state index in [4.69, 9.17) is 4.74 Å². The molecule has 1 fully saturated rings. The maximum atomic E-state index is 13.4. The molecule has 32 heavy (non-hydrogen) atoms. The highest BCUT2D eigenvalue weighted by Gasteiger charge is 2.29. The van der Waals surface area contributed by atoms with Crippen molar-refractivity contribution in [2.24, 2.45) is 0 Å². The third-order valence-electron chi connectivity index (χ3n) is 5.67. The highest BCUT2D eigenvalue weighted by Crippen LogP contribution is 2.16. The molecular formula is C25H32FN3O3. The van der Waals surface area contributed by atoms with E-state index < -0.39 is 6.04 Å². The normalized spacial score (nSPS) is 15.2.